The van der Waals surface area contributed by atoms with Gasteiger partial charge in [-0.1, -0.05) is 24.3 Å². The number of H-pyrrole nitrogens is 1. The van der Waals surface area contributed by atoms with Crippen LogP contribution in [0.2, 0.25) is 0 Å². The summed E-state index contributed by atoms with van der Waals surface area (Å²) in [5.41, 5.74) is 3.99. The van der Waals surface area contributed by atoms with Gasteiger partial charge in [-0.3, -0.25) is 9.59 Å². The van der Waals surface area contributed by atoms with Crippen LogP contribution in [0.25, 0.3) is 22.4 Å². The van der Waals surface area contributed by atoms with Gasteiger partial charge in [-0.05, 0) is 55.5 Å². The average Bonchev–Trinajstić information content (AvgIpc) is 3.23. The van der Waals surface area contributed by atoms with Gasteiger partial charge in [0.15, 0.2) is 0 Å². The van der Waals surface area contributed by atoms with E-state index in [-0.39, 0.29) is 11.9 Å². The second kappa shape index (κ2) is 9.06. The van der Waals surface area contributed by atoms with E-state index in [9.17, 15) is 9.59 Å². The number of amides is 1. The quantitative estimate of drug-likeness (QED) is 0.326. The Labute approximate surface area is 184 Å². The first-order valence-electron chi connectivity index (χ1n) is 9.75. The van der Waals surface area contributed by atoms with Gasteiger partial charge in [0, 0.05) is 16.1 Å². The Morgan fingerprint density at radius 1 is 1.00 bits per heavy atom. The molecule has 2 N–H and O–H groups in total. The highest BCUT2D eigenvalue weighted by Crippen LogP contribution is 2.28. The summed E-state index contributed by atoms with van der Waals surface area (Å²) in [7, 11) is 1.35. The second-order valence-corrected chi connectivity index (χ2v) is 8.30. The fourth-order valence-electron chi connectivity index (χ4n) is 3.16. The third-order valence-electron chi connectivity index (χ3n) is 4.77. The third-order valence-corrected chi connectivity index (χ3v) is 5.93. The van der Waals surface area contributed by atoms with Gasteiger partial charge in [0.25, 0.3) is 5.91 Å². The van der Waals surface area contributed by atoms with Gasteiger partial charge in [0.2, 0.25) is 0 Å². The second-order valence-electron chi connectivity index (χ2n) is 6.91. The summed E-state index contributed by atoms with van der Waals surface area (Å²) >= 11 is 1.30. The number of imidazole rings is 1. The third kappa shape index (κ3) is 4.62. The molecule has 6 nitrogen and oxygen atoms in total. The Morgan fingerprint density at radius 2 is 1.71 bits per heavy atom. The number of aromatic amines is 1. The summed E-state index contributed by atoms with van der Waals surface area (Å²) in [6.45, 7) is 1.75. The average molecular weight is 432 g/mol. The fourth-order valence-corrected chi connectivity index (χ4v) is 4.18. The van der Waals surface area contributed by atoms with Crippen LogP contribution in [-0.2, 0) is 9.53 Å². The Hall–Kier alpha value is -3.58. The number of carbonyl (C=O) groups is 2. The van der Waals surface area contributed by atoms with E-state index in [1.807, 2.05) is 60.7 Å². The molecule has 0 radical (unpaired) electrons. The van der Waals surface area contributed by atoms with Crippen LogP contribution in [0.15, 0.2) is 77.7 Å². The molecule has 156 valence electrons. The van der Waals surface area contributed by atoms with Crippen molar-refractivity contribution >= 4 is 40.4 Å². The Kier molecular flexibility index (Phi) is 6.04. The van der Waals surface area contributed by atoms with Crippen molar-refractivity contribution < 1.29 is 14.3 Å². The van der Waals surface area contributed by atoms with Crippen LogP contribution in [0.3, 0.4) is 0 Å². The molecular formula is C24H21N3O3S. The zero-order valence-electron chi connectivity index (χ0n) is 17.1. The molecule has 1 atom stereocenters. The molecule has 0 bridgehead atoms. The van der Waals surface area contributed by atoms with Gasteiger partial charge in [0.1, 0.15) is 11.1 Å². The summed E-state index contributed by atoms with van der Waals surface area (Å²) in [6, 6.07) is 22.6. The van der Waals surface area contributed by atoms with Gasteiger partial charge in [-0.25, -0.2) is 4.98 Å². The molecule has 31 heavy (non-hydrogen) atoms. The van der Waals surface area contributed by atoms with Crippen LogP contribution in [0.4, 0.5) is 5.69 Å². The number of anilines is 1. The molecule has 0 saturated heterocycles. The van der Waals surface area contributed by atoms with Gasteiger partial charge in [0.05, 0.1) is 23.7 Å². The van der Waals surface area contributed by atoms with E-state index < -0.39 is 5.25 Å². The summed E-state index contributed by atoms with van der Waals surface area (Å²) in [4.78, 5) is 33.2. The summed E-state index contributed by atoms with van der Waals surface area (Å²) in [5.74, 6) is 0.204. The molecule has 7 heteroatoms. The first-order chi connectivity index (χ1) is 15.0. The molecule has 0 saturated carbocycles. The summed E-state index contributed by atoms with van der Waals surface area (Å²) < 4.78 is 4.78. The lowest BCUT2D eigenvalue weighted by atomic mass is 10.1. The van der Waals surface area contributed by atoms with E-state index in [1.165, 1.54) is 18.9 Å². The minimum absolute atomic E-state index is 0.239. The number of para-hydroxylation sites is 2. The highest BCUT2D eigenvalue weighted by Gasteiger charge is 2.19. The smallest absolute Gasteiger partial charge is 0.318 e. The Bertz CT molecular complexity index is 1200. The topological polar surface area (TPSA) is 84.1 Å². The number of nitrogens with zero attached hydrogens (tertiary/aromatic N) is 1. The zero-order chi connectivity index (χ0) is 21.8. The molecule has 0 aliphatic rings. The number of aromatic nitrogens is 2. The lowest BCUT2D eigenvalue weighted by Gasteiger charge is -2.13. The number of thioether (sulfide) groups is 1. The van der Waals surface area contributed by atoms with Crippen molar-refractivity contribution in [1.82, 2.24) is 9.97 Å². The number of ether oxygens (including phenoxy) is 1. The maximum Gasteiger partial charge on any atom is 0.318 e. The number of nitrogens with one attached hydrogen (secondary N) is 2. The van der Waals surface area contributed by atoms with Crippen LogP contribution in [0, 0.1) is 0 Å². The van der Waals surface area contributed by atoms with Crippen molar-refractivity contribution in [2.45, 2.75) is 17.1 Å². The molecule has 1 unspecified atom stereocenters. The maximum atomic E-state index is 12.9. The predicted molar refractivity (Wildman–Crippen MR) is 123 cm³/mol. The van der Waals surface area contributed by atoms with E-state index in [0.717, 1.165) is 27.3 Å². The molecule has 1 heterocycles. The van der Waals surface area contributed by atoms with Crippen molar-refractivity contribution in [3.63, 3.8) is 0 Å². The molecular weight excluding hydrogens is 410 g/mol. The number of rotatable bonds is 6. The summed E-state index contributed by atoms with van der Waals surface area (Å²) in [5, 5.41) is 2.51. The molecule has 0 spiro atoms. The molecule has 0 aliphatic carbocycles. The highest BCUT2D eigenvalue weighted by atomic mass is 32.2. The van der Waals surface area contributed by atoms with E-state index in [1.54, 1.807) is 19.1 Å². The number of hydrogen-bond acceptors (Lipinski definition) is 5. The minimum atomic E-state index is -0.415. The molecule has 1 amide bonds. The minimum Gasteiger partial charge on any atom is -0.468 e. The van der Waals surface area contributed by atoms with Gasteiger partial charge in [-0.2, -0.15) is 0 Å². The van der Waals surface area contributed by atoms with Gasteiger partial charge in [-0.15, -0.1) is 11.8 Å². The van der Waals surface area contributed by atoms with Crippen molar-refractivity contribution in [3.8, 4) is 11.4 Å². The number of carbonyl (C=O) groups excluding carboxylic acids is 2. The number of hydrogen-bond donors (Lipinski definition) is 2. The van der Waals surface area contributed by atoms with Gasteiger partial charge < -0.3 is 15.0 Å². The lowest BCUT2D eigenvalue weighted by molar-refractivity contribution is -0.139. The predicted octanol–water partition coefficient (Wildman–Crippen LogP) is 5.14. The number of benzene rings is 3. The van der Waals surface area contributed by atoms with Crippen molar-refractivity contribution in [2.24, 2.45) is 0 Å². The molecule has 4 aromatic rings. The van der Waals surface area contributed by atoms with E-state index in [0.29, 0.717) is 11.3 Å². The van der Waals surface area contributed by atoms with Crippen LogP contribution in [0.1, 0.15) is 17.3 Å². The van der Waals surface area contributed by atoms with Gasteiger partial charge >= 0.3 is 5.97 Å². The summed E-state index contributed by atoms with van der Waals surface area (Å²) in [6.07, 6.45) is 0. The van der Waals surface area contributed by atoms with Crippen LogP contribution in [-0.4, -0.2) is 34.2 Å². The lowest BCUT2D eigenvalue weighted by Crippen LogP contribution is -2.17. The van der Waals surface area contributed by atoms with E-state index in [2.05, 4.69) is 15.3 Å². The normalized spacial score (nSPS) is 11.8. The maximum absolute atomic E-state index is 12.9. The first kappa shape index (κ1) is 20.7. The van der Waals surface area contributed by atoms with Crippen molar-refractivity contribution in [1.29, 1.82) is 0 Å². The fraction of sp³-hybridized carbons (Fsp3) is 0.125. The van der Waals surface area contributed by atoms with Crippen molar-refractivity contribution in [3.05, 3.63) is 78.4 Å². The molecule has 0 fully saturated rings. The Balaban J connectivity index is 1.50. The number of methoxy groups -OCH3 is 1. The highest BCUT2D eigenvalue weighted by molar-refractivity contribution is 8.00. The molecule has 0 aliphatic heterocycles. The Morgan fingerprint density at radius 3 is 2.45 bits per heavy atom. The van der Waals surface area contributed by atoms with Crippen molar-refractivity contribution in [2.75, 3.05) is 12.4 Å². The van der Waals surface area contributed by atoms with Crippen LogP contribution >= 0.6 is 11.8 Å². The number of fused-ring (bicyclic) bond motifs is 1. The monoisotopic (exact) mass is 431 g/mol. The molecule has 1 aromatic heterocycles. The number of esters is 1. The zero-order valence-corrected chi connectivity index (χ0v) is 17.9. The standard InChI is InChI=1S/C24H21N3O3S/c1-15(24(29)30-2)31-21-10-6-3-7-18(21)23(28)25-17-13-11-16(12-14-17)22-26-19-8-4-5-9-20(19)27-22/h3-15H,1-2H3,(H,25,28)(H,26,27). The van der Waals surface area contributed by atoms with E-state index >= 15 is 0 Å². The van der Waals surface area contributed by atoms with Crippen LogP contribution in [0.5, 0.6) is 0 Å². The SMILES string of the molecule is COC(=O)C(C)Sc1ccccc1C(=O)Nc1ccc(-c2nc3ccccc3[nH]2)cc1. The first-order valence-corrected chi connectivity index (χ1v) is 10.6. The largest absolute Gasteiger partial charge is 0.468 e. The molecule has 4 rings (SSSR count). The molecule has 3 aromatic carbocycles. The van der Waals surface area contributed by atoms with Crippen LogP contribution < -0.4 is 5.32 Å². The van der Waals surface area contributed by atoms with E-state index in [4.69, 9.17) is 4.74 Å².